The summed E-state index contributed by atoms with van der Waals surface area (Å²) in [6.07, 6.45) is 7.58. The first-order valence-corrected chi connectivity index (χ1v) is 7.72. The number of rotatable bonds is 3. The number of hydrogen-bond acceptors (Lipinski definition) is 3. The van der Waals surface area contributed by atoms with Crippen molar-refractivity contribution in [1.29, 1.82) is 0 Å². The first-order chi connectivity index (χ1) is 10.1. The van der Waals surface area contributed by atoms with Crippen molar-refractivity contribution in [3.8, 4) is 0 Å². The SMILES string of the molecule is Cc1cc(Cl)cc2c1ncn2C/C=C/[C@H]1NCCC[C@@H]1O. The summed E-state index contributed by atoms with van der Waals surface area (Å²) in [7, 11) is 0. The molecule has 0 bridgehead atoms. The molecule has 21 heavy (non-hydrogen) atoms. The average Bonchev–Trinajstić information content (AvgIpc) is 2.84. The summed E-state index contributed by atoms with van der Waals surface area (Å²) in [5.74, 6) is 0. The first kappa shape index (κ1) is 14.6. The molecule has 1 aromatic heterocycles. The van der Waals surface area contributed by atoms with E-state index in [1.807, 2.05) is 31.5 Å². The average molecular weight is 306 g/mol. The molecule has 1 aliphatic heterocycles. The van der Waals surface area contributed by atoms with Crippen LogP contribution >= 0.6 is 11.6 Å². The summed E-state index contributed by atoms with van der Waals surface area (Å²) in [4.78, 5) is 4.45. The van der Waals surface area contributed by atoms with Gasteiger partial charge in [0.15, 0.2) is 0 Å². The lowest BCUT2D eigenvalue weighted by molar-refractivity contribution is 0.115. The summed E-state index contributed by atoms with van der Waals surface area (Å²) in [5.41, 5.74) is 3.12. The zero-order valence-electron chi connectivity index (χ0n) is 12.1. The van der Waals surface area contributed by atoms with Crippen LogP contribution in [0.5, 0.6) is 0 Å². The number of benzene rings is 1. The zero-order valence-corrected chi connectivity index (χ0v) is 12.8. The van der Waals surface area contributed by atoms with E-state index in [-0.39, 0.29) is 12.1 Å². The number of halogens is 1. The van der Waals surface area contributed by atoms with E-state index in [0.29, 0.717) is 0 Å². The molecule has 4 nitrogen and oxygen atoms in total. The van der Waals surface area contributed by atoms with E-state index >= 15 is 0 Å². The van der Waals surface area contributed by atoms with Crippen LogP contribution in [0.3, 0.4) is 0 Å². The third-order valence-corrected chi connectivity index (χ3v) is 4.22. The third kappa shape index (κ3) is 3.12. The van der Waals surface area contributed by atoms with Crippen molar-refractivity contribution in [3.63, 3.8) is 0 Å². The van der Waals surface area contributed by atoms with Crippen LogP contribution in [0.2, 0.25) is 5.02 Å². The normalized spacial score (nSPS) is 23.2. The molecule has 0 unspecified atom stereocenters. The second kappa shape index (κ2) is 6.18. The van der Waals surface area contributed by atoms with Gasteiger partial charge in [0.2, 0.25) is 0 Å². The first-order valence-electron chi connectivity index (χ1n) is 7.34. The number of aliphatic hydroxyl groups is 1. The number of hydrogen-bond donors (Lipinski definition) is 2. The number of aromatic nitrogens is 2. The number of imidazole rings is 1. The Morgan fingerprint density at radius 1 is 1.52 bits per heavy atom. The highest BCUT2D eigenvalue weighted by Crippen LogP contribution is 2.22. The van der Waals surface area contributed by atoms with Crippen LogP contribution in [-0.4, -0.2) is 33.3 Å². The van der Waals surface area contributed by atoms with Gasteiger partial charge in [-0.05, 0) is 44.0 Å². The largest absolute Gasteiger partial charge is 0.391 e. The van der Waals surface area contributed by atoms with Gasteiger partial charge in [-0.1, -0.05) is 23.8 Å². The predicted octanol–water partition coefficient (Wildman–Crippen LogP) is 2.67. The highest BCUT2D eigenvalue weighted by molar-refractivity contribution is 6.31. The van der Waals surface area contributed by atoms with Crippen LogP contribution in [-0.2, 0) is 6.54 Å². The van der Waals surface area contributed by atoms with Crippen molar-refractivity contribution in [2.45, 2.75) is 38.5 Å². The Morgan fingerprint density at radius 2 is 2.38 bits per heavy atom. The fourth-order valence-corrected chi connectivity index (χ4v) is 3.12. The second-order valence-corrected chi connectivity index (χ2v) is 6.04. The van der Waals surface area contributed by atoms with E-state index < -0.39 is 0 Å². The molecule has 2 atom stereocenters. The molecular weight excluding hydrogens is 286 g/mol. The van der Waals surface area contributed by atoms with E-state index in [1.165, 1.54) is 0 Å². The number of nitrogens with one attached hydrogen (secondary N) is 1. The quantitative estimate of drug-likeness (QED) is 0.857. The van der Waals surface area contributed by atoms with Crippen molar-refractivity contribution < 1.29 is 5.11 Å². The van der Waals surface area contributed by atoms with E-state index in [9.17, 15) is 5.11 Å². The van der Waals surface area contributed by atoms with Gasteiger partial charge in [0.25, 0.3) is 0 Å². The van der Waals surface area contributed by atoms with E-state index in [4.69, 9.17) is 11.6 Å². The fraction of sp³-hybridized carbons (Fsp3) is 0.438. The monoisotopic (exact) mass is 305 g/mol. The topological polar surface area (TPSA) is 50.1 Å². The molecule has 112 valence electrons. The van der Waals surface area contributed by atoms with Gasteiger partial charge in [0, 0.05) is 11.6 Å². The summed E-state index contributed by atoms with van der Waals surface area (Å²) in [6.45, 7) is 3.71. The molecule has 2 aromatic rings. The highest BCUT2D eigenvalue weighted by Gasteiger charge is 2.19. The molecule has 2 heterocycles. The number of aliphatic hydroxyl groups excluding tert-OH is 1. The minimum atomic E-state index is -0.286. The Bertz CT molecular complexity index is 665. The van der Waals surface area contributed by atoms with Gasteiger partial charge < -0.3 is 15.0 Å². The number of allylic oxidation sites excluding steroid dienone is 1. The number of fused-ring (bicyclic) bond motifs is 1. The molecule has 0 aliphatic carbocycles. The zero-order chi connectivity index (χ0) is 14.8. The van der Waals surface area contributed by atoms with Gasteiger partial charge in [-0.2, -0.15) is 0 Å². The third-order valence-electron chi connectivity index (χ3n) is 4.00. The van der Waals surface area contributed by atoms with E-state index in [2.05, 4.69) is 20.9 Å². The molecule has 1 aromatic carbocycles. The van der Waals surface area contributed by atoms with E-state index in [0.717, 1.165) is 47.6 Å². The molecule has 5 heteroatoms. The molecular formula is C16H20ClN3O. The standard InChI is InChI=1S/C16H20ClN3O/c1-11-8-12(17)9-14-16(11)19-10-20(14)7-3-4-13-15(21)5-2-6-18-13/h3-4,8-10,13,15,18,21H,2,5-7H2,1H3/b4-3+/t13-,15+/m1/s1. The van der Waals surface area contributed by atoms with Crippen LogP contribution in [0.25, 0.3) is 11.0 Å². The maximum atomic E-state index is 9.92. The Balaban J connectivity index is 1.76. The van der Waals surface area contributed by atoms with Crippen molar-refractivity contribution in [2.75, 3.05) is 6.54 Å². The van der Waals surface area contributed by atoms with Crippen LogP contribution in [0, 0.1) is 6.92 Å². The van der Waals surface area contributed by atoms with Gasteiger partial charge in [0.1, 0.15) is 0 Å². The minimum absolute atomic E-state index is 0.0545. The molecule has 1 aliphatic rings. The smallest absolute Gasteiger partial charge is 0.0961 e. The lowest BCUT2D eigenvalue weighted by atomic mass is 10.0. The predicted molar refractivity (Wildman–Crippen MR) is 85.7 cm³/mol. The Hall–Kier alpha value is -1.36. The number of nitrogens with zero attached hydrogens (tertiary/aromatic N) is 2. The summed E-state index contributed by atoms with van der Waals surface area (Å²) in [5, 5.41) is 14.0. The molecule has 3 rings (SSSR count). The summed E-state index contributed by atoms with van der Waals surface area (Å²) >= 11 is 6.13. The van der Waals surface area contributed by atoms with Crippen LogP contribution in [0.15, 0.2) is 30.6 Å². The molecule has 0 spiro atoms. The molecule has 1 saturated heterocycles. The molecule has 0 saturated carbocycles. The van der Waals surface area contributed by atoms with Gasteiger partial charge in [-0.3, -0.25) is 0 Å². The molecule has 0 amide bonds. The number of aryl methyl sites for hydroxylation is 1. The molecule has 2 N–H and O–H groups in total. The fourth-order valence-electron chi connectivity index (χ4n) is 2.85. The van der Waals surface area contributed by atoms with E-state index in [1.54, 1.807) is 0 Å². The summed E-state index contributed by atoms with van der Waals surface area (Å²) < 4.78 is 2.07. The highest BCUT2D eigenvalue weighted by atomic mass is 35.5. The Kier molecular flexibility index (Phi) is 4.29. The maximum Gasteiger partial charge on any atom is 0.0961 e. The van der Waals surface area contributed by atoms with Crippen molar-refractivity contribution in [1.82, 2.24) is 14.9 Å². The van der Waals surface area contributed by atoms with Crippen molar-refractivity contribution >= 4 is 22.6 Å². The second-order valence-electron chi connectivity index (χ2n) is 5.60. The lowest BCUT2D eigenvalue weighted by Crippen LogP contribution is -2.43. The van der Waals surface area contributed by atoms with Crippen LogP contribution in [0.1, 0.15) is 18.4 Å². The molecule has 0 radical (unpaired) electrons. The maximum absolute atomic E-state index is 9.92. The minimum Gasteiger partial charge on any atom is -0.391 e. The Labute approximate surface area is 129 Å². The molecule has 1 fully saturated rings. The van der Waals surface area contributed by atoms with Crippen LogP contribution in [0.4, 0.5) is 0 Å². The van der Waals surface area contributed by atoms with Gasteiger partial charge in [0.05, 0.1) is 29.5 Å². The van der Waals surface area contributed by atoms with Crippen molar-refractivity contribution in [3.05, 3.63) is 41.2 Å². The van der Waals surface area contributed by atoms with Gasteiger partial charge in [-0.25, -0.2) is 4.98 Å². The van der Waals surface area contributed by atoms with Gasteiger partial charge >= 0.3 is 0 Å². The lowest BCUT2D eigenvalue weighted by Gasteiger charge is -2.26. The number of piperidine rings is 1. The van der Waals surface area contributed by atoms with Crippen LogP contribution < -0.4 is 5.32 Å². The summed E-state index contributed by atoms with van der Waals surface area (Å²) in [6, 6.07) is 3.93. The Morgan fingerprint density at radius 3 is 3.19 bits per heavy atom. The van der Waals surface area contributed by atoms with Crippen molar-refractivity contribution in [2.24, 2.45) is 0 Å². The van der Waals surface area contributed by atoms with Gasteiger partial charge in [-0.15, -0.1) is 0 Å².